The van der Waals surface area contributed by atoms with Crippen LogP contribution in [-0.4, -0.2) is 43.1 Å². The fraction of sp³-hybridized carbons (Fsp3) is 0.632. The lowest BCUT2D eigenvalue weighted by molar-refractivity contribution is 0.00578. The summed E-state index contributed by atoms with van der Waals surface area (Å²) in [4.78, 5) is 14.2. The van der Waals surface area contributed by atoms with Crippen molar-refractivity contribution >= 4 is 30.0 Å². The molecule has 2 aliphatic heterocycles. The van der Waals surface area contributed by atoms with Crippen LogP contribution in [0.5, 0.6) is 0 Å². The molecule has 1 aromatic rings. The third-order valence-electron chi connectivity index (χ3n) is 5.10. The van der Waals surface area contributed by atoms with Gasteiger partial charge in [0.25, 0.3) is 0 Å². The van der Waals surface area contributed by atoms with E-state index in [1.807, 2.05) is 66.7 Å². The first-order valence-electron chi connectivity index (χ1n) is 9.14. The van der Waals surface area contributed by atoms with Gasteiger partial charge in [0.2, 0.25) is 0 Å². The molecule has 6 nitrogen and oxygen atoms in total. The number of anilines is 2. The normalized spacial score (nSPS) is 21.2. The third-order valence-corrected chi connectivity index (χ3v) is 5.10. The van der Waals surface area contributed by atoms with Gasteiger partial charge < -0.3 is 19.4 Å². The van der Waals surface area contributed by atoms with E-state index in [0.29, 0.717) is 13.1 Å². The molecule has 3 rings (SSSR count). The average molecular weight is 360 g/mol. The average Bonchev–Trinajstić information content (AvgIpc) is 2.72. The number of amides is 1. The molecule has 1 amide bonds. The smallest absolute Gasteiger partial charge is 0.443 e. The van der Waals surface area contributed by atoms with Gasteiger partial charge in [-0.2, -0.15) is 0 Å². The number of hydrogen-bond acceptors (Lipinski definition) is 5. The quantitative estimate of drug-likeness (QED) is 0.780. The molecule has 7 heteroatoms. The first kappa shape index (κ1) is 19.0. The van der Waals surface area contributed by atoms with Crippen LogP contribution in [0, 0.1) is 0 Å². The second kappa shape index (κ2) is 6.17. The highest BCUT2D eigenvalue weighted by Crippen LogP contribution is 2.37. The van der Waals surface area contributed by atoms with E-state index in [-0.39, 0.29) is 17.3 Å². The predicted octanol–water partition coefficient (Wildman–Crippen LogP) is 3.15. The molecular formula is C19H29BN2O4. The fourth-order valence-electron chi connectivity index (χ4n) is 2.99. The Morgan fingerprint density at radius 1 is 1.19 bits per heavy atom. The van der Waals surface area contributed by atoms with Crippen LogP contribution >= 0.6 is 0 Å². The van der Waals surface area contributed by atoms with Crippen LogP contribution < -0.4 is 15.7 Å². The first-order valence-corrected chi connectivity index (χ1v) is 9.14. The number of rotatable bonds is 1. The van der Waals surface area contributed by atoms with Crippen molar-refractivity contribution in [3.63, 3.8) is 0 Å². The molecule has 0 radical (unpaired) electrons. The summed E-state index contributed by atoms with van der Waals surface area (Å²) in [6.07, 6.45) is -0.330. The molecule has 0 aromatic heterocycles. The van der Waals surface area contributed by atoms with Gasteiger partial charge in [-0.05, 0) is 66.1 Å². The van der Waals surface area contributed by atoms with Crippen molar-refractivity contribution in [2.24, 2.45) is 0 Å². The molecule has 1 N–H and O–H groups in total. The third kappa shape index (κ3) is 3.55. The van der Waals surface area contributed by atoms with E-state index in [4.69, 9.17) is 14.0 Å². The number of nitrogens with one attached hydrogen (secondary N) is 1. The molecule has 142 valence electrons. The van der Waals surface area contributed by atoms with Gasteiger partial charge in [0.15, 0.2) is 0 Å². The molecular weight excluding hydrogens is 331 g/mol. The maximum atomic E-state index is 12.5. The van der Waals surface area contributed by atoms with Gasteiger partial charge in [0.1, 0.15) is 5.60 Å². The second-order valence-corrected chi connectivity index (χ2v) is 8.92. The van der Waals surface area contributed by atoms with Crippen LogP contribution in [0.2, 0.25) is 0 Å². The Balaban J connectivity index is 1.84. The zero-order chi connectivity index (χ0) is 19.3. The Labute approximate surface area is 156 Å². The van der Waals surface area contributed by atoms with Gasteiger partial charge in [-0.3, -0.25) is 4.90 Å². The highest BCUT2D eigenvalue weighted by atomic mass is 16.7. The van der Waals surface area contributed by atoms with E-state index in [0.717, 1.165) is 16.8 Å². The van der Waals surface area contributed by atoms with E-state index in [2.05, 4.69) is 5.32 Å². The predicted molar refractivity (Wildman–Crippen MR) is 104 cm³/mol. The van der Waals surface area contributed by atoms with E-state index in [1.165, 1.54) is 0 Å². The van der Waals surface area contributed by atoms with Crippen LogP contribution in [0.3, 0.4) is 0 Å². The van der Waals surface area contributed by atoms with Gasteiger partial charge in [-0.15, -0.1) is 0 Å². The van der Waals surface area contributed by atoms with Crippen molar-refractivity contribution in [3.05, 3.63) is 18.2 Å². The molecule has 0 spiro atoms. The zero-order valence-electron chi connectivity index (χ0n) is 16.8. The minimum Gasteiger partial charge on any atom is -0.443 e. The Hall–Kier alpha value is -1.73. The highest BCUT2D eigenvalue weighted by Gasteiger charge is 2.51. The molecule has 26 heavy (non-hydrogen) atoms. The molecule has 0 bridgehead atoms. The van der Waals surface area contributed by atoms with Crippen molar-refractivity contribution in [2.45, 2.75) is 65.3 Å². The van der Waals surface area contributed by atoms with Crippen LogP contribution in [-0.2, 0) is 14.0 Å². The number of ether oxygens (including phenoxy) is 1. The number of nitrogens with zero attached hydrogens (tertiary/aromatic N) is 1. The molecule has 0 unspecified atom stereocenters. The van der Waals surface area contributed by atoms with Gasteiger partial charge in [0.05, 0.1) is 22.6 Å². The van der Waals surface area contributed by atoms with Crippen LogP contribution in [0.4, 0.5) is 16.2 Å². The Morgan fingerprint density at radius 2 is 1.81 bits per heavy atom. The number of carbonyl (C=O) groups is 1. The Kier molecular flexibility index (Phi) is 4.52. The van der Waals surface area contributed by atoms with Crippen molar-refractivity contribution in [2.75, 3.05) is 23.3 Å². The molecule has 0 atom stereocenters. The van der Waals surface area contributed by atoms with Crippen molar-refractivity contribution in [1.82, 2.24) is 0 Å². The number of hydrogen-bond donors (Lipinski definition) is 1. The van der Waals surface area contributed by atoms with E-state index >= 15 is 0 Å². The minimum atomic E-state index is -0.523. The Morgan fingerprint density at radius 3 is 2.38 bits per heavy atom. The van der Waals surface area contributed by atoms with Crippen molar-refractivity contribution in [1.29, 1.82) is 0 Å². The lowest BCUT2D eigenvalue weighted by Crippen LogP contribution is -2.43. The maximum absolute atomic E-state index is 12.5. The summed E-state index contributed by atoms with van der Waals surface area (Å²) < 4.78 is 17.8. The van der Waals surface area contributed by atoms with Gasteiger partial charge >= 0.3 is 13.2 Å². The summed E-state index contributed by atoms with van der Waals surface area (Å²) in [6, 6.07) is 5.87. The number of carbonyl (C=O) groups excluding carboxylic acids is 1. The van der Waals surface area contributed by atoms with Crippen LogP contribution in [0.25, 0.3) is 0 Å². The molecule has 1 saturated heterocycles. The molecule has 2 aliphatic rings. The monoisotopic (exact) mass is 360 g/mol. The van der Waals surface area contributed by atoms with Crippen LogP contribution in [0.1, 0.15) is 48.5 Å². The summed E-state index contributed by atoms with van der Waals surface area (Å²) >= 11 is 0. The Bertz CT molecular complexity index is 696. The topological polar surface area (TPSA) is 60.0 Å². The molecule has 0 saturated carbocycles. The summed E-state index contributed by atoms with van der Waals surface area (Å²) in [7, 11) is -0.427. The number of fused-ring (bicyclic) bond motifs is 1. The maximum Gasteiger partial charge on any atom is 0.494 e. The van der Waals surface area contributed by atoms with E-state index in [9.17, 15) is 4.79 Å². The van der Waals surface area contributed by atoms with Crippen molar-refractivity contribution in [3.8, 4) is 0 Å². The zero-order valence-corrected chi connectivity index (χ0v) is 16.8. The summed E-state index contributed by atoms with van der Waals surface area (Å²) in [5, 5.41) is 3.36. The standard InChI is InChI=1S/C19H29BN2O4/c1-17(2,3)24-16(23)22-11-10-21-14-12-13(8-9-15(14)22)20-25-18(4,5)19(6,7)26-20/h8-9,12,21H,10-11H2,1-7H3. The van der Waals surface area contributed by atoms with Gasteiger partial charge in [-0.1, -0.05) is 6.07 Å². The number of benzene rings is 1. The summed E-state index contributed by atoms with van der Waals surface area (Å²) in [6.45, 7) is 15.0. The van der Waals surface area contributed by atoms with E-state index in [1.54, 1.807) is 4.90 Å². The summed E-state index contributed by atoms with van der Waals surface area (Å²) in [5.41, 5.74) is 1.33. The lowest BCUT2D eigenvalue weighted by Gasteiger charge is -2.32. The second-order valence-electron chi connectivity index (χ2n) is 8.92. The largest absolute Gasteiger partial charge is 0.494 e. The van der Waals surface area contributed by atoms with Gasteiger partial charge in [0, 0.05) is 13.1 Å². The van der Waals surface area contributed by atoms with Crippen LogP contribution in [0.15, 0.2) is 18.2 Å². The van der Waals surface area contributed by atoms with Crippen molar-refractivity contribution < 1.29 is 18.8 Å². The first-order chi connectivity index (χ1) is 11.9. The highest BCUT2D eigenvalue weighted by molar-refractivity contribution is 6.62. The molecule has 1 fully saturated rings. The molecule has 2 heterocycles. The molecule has 1 aromatic carbocycles. The van der Waals surface area contributed by atoms with Gasteiger partial charge in [-0.25, -0.2) is 4.79 Å². The van der Waals surface area contributed by atoms with E-state index < -0.39 is 12.7 Å². The summed E-state index contributed by atoms with van der Waals surface area (Å²) in [5.74, 6) is 0. The minimum absolute atomic E-state index is 0.330. The SMILES string of the molecule is CC(C)(C)OC(=O)N1CCNc2cc(B3OC(C)(C)C(C)(C)O3)ccc21. The molecule has 0 aliphatic carbocycles. The fourth-order valence-corrected chi connectivity index (χ4v) is 2.99. The lowest BCUT2D eigenvalue weighted by atomic mass is 9.78.